The van der Waals surface area contributed by atoms with Crippen molar-refractivity contribution in [3.8, 4) is 6.07 Å². The normalized spacial score (nSPS) is 8.25. The number of nitrogens with zero attached hydrogens (tertiary/aromatic N) is 2. The lowest BCUT2D eigenvalue weighted by Crippen LogP contribution is -1.73. The summed E-state index contributed by atoms with van der Waals surface area (Å²) < 4.78 is 1.09. The van der Waals surface area contributed by atoms with E-state index in [1.807, 2.05) is 40.7 Å². The molecule has 2 aromatic rings. The zero-order chi connectivity index (χ0) is 12.6. The van der Waals surface area contributed by atoms with Gasteiger partial charge in [-0.1, -0.05) is 27.7 Å². The van der Waals surface area contributed by atoms with Gasteiger partial charge in [0.15, 0.2) is 0 Å². The Balaban J connectivity index is 0.000000509. The number of aryl methyl sites for hydroxylation is 1. The van der Waals surface area contributed by atoms with E-state index in [0.717, 1.165) is 20.5 Å². The van der Waals surface area contributed by atoms with Crippen molar-refractivity contribution in [2.24, 2.45) is 0 Å². The van der Waals surface area contributed by atoms with Gasteiger partial charge in [-0.15, -0.1) is 11.3 Å². The van der Waals surface area contributed by atoms with E-state index in [4.69, 9.17) is 5.26 Å². The number of thiophene rings is 1. The van der Waals surface area contributed by atoms with Crippen LogP contribution in [0.1, 0.15) is 38.1 Å². The Bertz CT molecular complexity index is 466. The van der Waals surface area contributed by atoms with Crippen molar-refractivity contribution in [3.63, 3.8) is 0 Å². The van der Waals surface area contributed by atoms with Crippen LogP contribution in [0.15, 0.2) is 18.5 Å². The number of hydrogen-bond acceptors (Lipinski definition) is 3. The highest BCUT2D eigenvalue weighted by molar-refractivity contribution is 7.19. The summed E-state index contributed by atoms with van der Waals surface area (Å²) in [5, 5.41) is 9.86. The average molecular weight is 234 g/mol. The van der Waals surface area contributed by atoms with Gasteiger partial charge in [0.05, 0.1) is 10.3 Å². The second-order valence-corrected chi connectivity index (χ2v) is 3.77. The maximum absolute atomic E-state index is 8.84. The van der Waals surface area contributed by atoms with Crippen molar-refractivity contribution in [3.05, 3.63) is 28.9 Å². The molecule has 16 heavy (non-hydrogen) atoms. The molecule has 0 unspecified atom stereocenters. The molecule has 0 spiro atoms. The fourth-order valence-electron chi connectivity index (χ4n) is 1.21. The van der Waals surface area contributed by atoms with E-state index in [0.29, 0.717) is 0 Å². The molecule has 0 saturated heterocycles. The van der Waals surface area contributed by atoms with E-state index in [-0.39, 0.29) is 0 Å². The number of aromatic nitrogens is 1. The van der Waals surface area contributed by atoms with Crippen LogP contribution >= 0.6 is 11.3 Å². The van der Waals surface area contributed by atoms with Gasteiger partial charge in [-0.2, -0.15) is 5.26 Å². The van der Waals surface area contributed by atoms with Crippen molar-refractivity contribution < 1.29 is 0 Å². The van der Waals surface area contributed by atoms with Gasteiger partial charge in [0.2, 0.25) is 0 Å². The molecule has 86 valence electrons. The molecule has 0 N–H and O–H groups in total. The molecule has 0 atom stereocenters. The monoisotopic (exact) mass is 234 g/mol. The third-order valence-corrected chi connectivity index (χ3v) is 2.84. The van der Waals surface area contributed by atoms with Crippen LogP contribution in [0.2, 0.25) is 0 Å². The molecule has 0 aliphatic carbocycles. The number of pyridine rings is 1. The van der Waals surface area contributed by atoms with Crippen LogP contribution in [0.5, 0.6) is 0 Å². The minimum Gasteiger partial charge on any atom is -0.263 e. The van der Waals surface area contributed by atoms with Crippen molar-refractivity contribution in [1.29, 1.82) is 5.26 Å². The van der Waals surface area contributed by atoms with Crippen LogP contribution in [0, 0.1) is 18.3 Å². The van der Waals surface area contributed by atoms with Crippen molar-refractivity contribution >= 4 is 21.4 Å². The van der Waals surface area contributed by atoms with Gasteiger partial charge in [0, 0.05) is 22.7 Å². The molecule has 0 fully saturated rings. The second-order valence-electron chi connectivity index (χ2n) is 2.52. The van der Waals surface area contributed by atoms with Gasteiger partial charge < -0.3 is 0 Å². The summed E-state index contributed by atoms with van der Waals surface area (Å²) in [6.07, 6.45) is 3.52. The van der Waals surface area contributed by atoms with Crippen LogP contribution < -0.4 is 0 Å². The molecule has 0 aromatic carbocycles. The van der Waals surface area contributed by atoms with Gasteiger partial charge in [0.1, 0.15) is 6.07 Å². The topological polar surface area (TPSA) is 36.7 Å². The third kappa shape index (κ3) is 3.04. The first-order valence-corrected chi connectivity index (χ1v) is 6.38. The number of nitriles is 1. The lowest BCUT2D eigenvalue weighted by molar-refractivity contribution is 1.37. The largest absolute Gasteiger partial charge is 0.263 e. The van der Waals surface area contributed by atoms with Crippen LogP contribution in [-0.4, -0.2) is 4.98 Å². The molecule has 3 heteroatoms. The van der Waals surface area contributed by atoms with E-state index < -0.39 is 0 Å². The highest BCUT2D eigenvalue weighted by Gasteiger charge is 2.06. The molecule has 2 nitrogen and oxygen atoms in total. The predicted octanol–water partition coefficient (Wildman–Crippen LogP) is 4.53. The lowest BCUT2D eigenvalue weighted by Gasteiger charge is -1.85. The SMILES string of the molecule is CC.CC.Cc1sc2cnccc2c1C#N. The molecule has 0 bridgehead atoms. The average Bonchev–Trinajstić information content (AvgIpc) is 2.69. The molecular formula is C13H18N2S. The van der Waals surface area contributed by atoms with E-state index in [9.17, 15) is 0 Å². The van der Waals surface area contributed by atoms with E-state index in [1.165, 1.54) is 0 Å². The Hall–Kier alpha value is -1.40. The first kappa shape index (κ1) is 14.6. The van der Waals surface area contributed by atoms with Gasteiger partial charge >= 0.3 is 0 Å². The van der Waals surface area contributed by atoms with Crippen molar-refractivity contribution in [2.45, 2.75) is 34.6 Å². The Labute approximate surface area is 102 Å². The molecule has 0 aliphatic heterocycles. The predicted molar refractivity (Wildman–Crippen MR) is 71.8 cm³/mol. The summed E-state index contributed by atoms with van der Waals surface area (Å²) in [5.41, 5.74) is 0.789. The maximum Gasteiger partial charge on any atom is 0.101 e. The van der Waals surface area contributed by atoms with E-state index in [1.54, 1.807) is 23.7 Å². The highest BCUT2D eigenvalue weighted by Crippen LogP contribution is 2.28. The van der Waals surface area contributed by atoms with Gasteiger partial charge in [-0.3, -0.25) is 4.98 Å². The zero-order valence-corrected chi connectivity index (χ0v) is 11.4. The number of hydrogen-bond donors (Lipinski definition) is 0. The van der Waals surface area contributed by atoms with Gasteiger partial charge in [-0.05, 0) is 13.0 Å². The Morgan fingerprint density at radius 3 is 2.44 bits per heavy atom. The first-order valence-electron chi connectivity index (χ1n) is 5.56. The van der Waals surface area contributed by atoms with Crippen molar-refractivity contribution in [1.82, 2.24) is 4.98 Å². The summed E-state index contributed by atoms with van der Waals surface area (Å²) >= 11 is 1.62. The zero-order valence-electron chi connectivity index (χ0n) is 10.5. The van der Waals surface area contributed by atoms with Crippen molar-refractivity contribution in [2.75, 3.05) is 0 Å². The summed E-state index contributed by atoms with van der Waals surface area (Å²) in [7, 11) is 0. The molecular weight excluding hydrogens is 216 g/mol. The van der Waals surface area contributed by atoms with Crippen LogP contribution in [-0.2, 0) is 0 Å². The molecule has 0 aliphatic rings. The molecule has 0 saturated carbocycles. The van der Waals surface area contributed by atoms with E-state index in [2.05, 4.69) is 11.1 Å². The fourth-order valence-corrected chi connectivity index (χ4v) is 2.19. The quantitative estimate of drug-likeness (QED) is 0.671. The fraction of sp³-hybridized carbons (Fsp3) is 0.385. The maximum atomic E-state index is 8.84. The van der Waals surface area contributed by atoms with Gasteiger partial charge in [0.25, 0.3) is 0 Å². The first-order chi connectivity index (χ1) is 7.83. The molecule has 0 radical (unpaired) electrons. The summed E-state index contributed by atoms with van der Waals surface area (Å²) in [6.45, 7) is 9.96. The molecule has 2 heterocycles. The van der Waals surface area contributed by atoms with Crippen LogP contribution in [0.4, 0.5) is 0 Å². The summed E-state index contributed by atoms with van der Waals surface area (Å²) in [4.78, 5) is 5.07. The number of fused-ring (bicyclic) bond motifs is 1. The Morgan fingerprint density at radius 1 is 1.25 bits per heavy atom. The van der Waals surface area contributed by atoms with E-state index >= 15 is 0 Å². The van der Waals surface area contributed by atoms with Crippen LogP contribution in [0.3, 0.4) is 0 Å². The molecule has 2 aromatic heterocycles. The minimum absolute atomic E-state index is 0.789. The lowest BCUT2D eigenvalue weighted by atomic mass is 10.2. The standard InChI is InChI=1S/C9H6N2S.2C2H6/c1-6-8(4-10)7-2-3-11-5-9(7)12-6;2*1-2/h2-3,5H,1H3;2*1-2H3. The number of rotatable bonds is 0. The van der Waals surface area contributed by atoms with Crippen LogP contribution in [0.25, 0.3) is 10.1 Å². The van der Waals surface area contributed by atoms with Gasteiger partial charge in [-0.25, -0.2) is 0 Å². The summed E-state index contributed by atoms with van der Waals surface area (Å²) in [6, 6.07) is 4.09. The Kier molecular flexibility index (Phi) is 7.15. The third-order valence-electron chi connectivity index (χ3n) is 1.78. The smallest absolute Gasteiger partial charge is 0.101 e. The minimum atomic E-state index is 0.789. The highest BCUT2D eigenvalue weighted by atomic mass is 32.1. The molecule has 0 amide bonds. The summed E-state index contributed by atoms with van der Waals surface area (Å²) in [5.74, 6) is 0. The second kappa shape index (κ2) is 7.84. The molecule has 2 rings (SSSR count). The Morgan fingerprint density at radius 2 is 1.88 bits per heavy atom.